The van der Waals surface area contributed by atoms with Gasteiger partial charge in [-0.1, -0.05) is 36.4 Å². The molecule has 2 aromatic heterocycles. The maximum atomic E-state index is 13.6. The maximum Gasteiger partial charge on any atom is 0.310 e. The highest BCUT2D eigenvalue weighted by atomic mass is 16.5. The van der Waals surface area contributed by atoms with Crippen molar-refractivity contribution in [1.82, 2.24) is 19.5 Å². The topological polar surface area (TPSA) is 115 Å². The number of hydrogen-bond acceptors (Lipinski definition) is 7. The van der Waals surface area contributed by atoms with Gasteiger partial charge >= 0.3 is 5.97 Å². The molecular weight excluding hydrogens is 468 g/mol. The van der Waals surface area contributed by atoms with Gasteiger partial charge in [0, 0.05) is 24.3 Å². The quantitative estimate of drug-likeness (QED) is 0.358. The SMILES string of the molecule is COC(=O)Cc1ccccc1NC(=O)c1nc(-c2cccc(CN)c2)nn2c(CN3CCCC3)ccc12. The highest BCUT2D eigenvalue weighted by Crippen LogP contribution is 2.24. The van der Waals surface area contributed by atoms with Gasteiger partial charge in [-0.05, 0) is 61.3 Å². The van der Waals surface area contributed by atoms with Gasteiger partial charge in [0.05, 0.1) is 24.7 Å². The predicted molar refractivity (Wildman–Crippen MR) is 141 cm³/mol. The van der Waals surface area contributed by atoms with Crippen molar-refractivity contribution in [3.63, 3.8) is 0 Å². The van der Waals surface area contributed by atoms with Crippen LogP contribution in [0.5, 0.6) is 0 Å². The summed E-state index contributed by atoms with van der Waals surface area (Å²) in [5.41, 5.74) is 10.7. The Balaban J connectivity index is 1.56. The lowest BCUT2D eigenvalue weighted by Gasteiger charge is -2.15. The van der Waals surface area contributed by atoms with Crippen LogP contribution in [-0.4, -0.2) is 51.6 Å². The number of nitrogens with two attached hydrogens (primary N) is 1. The summed E-state index contributed by atoms with van der Waals surface area (Å²) < 4.78 is 6.63. The van der Waals surface area contributed by atoms with Crippen LogP contribution < -0.4 is 11.1 Å². The van der Waals surface area contributed by atoms with Crippen molar-refractivity contribution in [2.45, 2.75) is 32.4 Å². The van der Waals surface area contributed by atoms with Gasteiger partial charge in [0.1, 0.15) is 0 Å². The van der Waals surface area contributed by atoms with Crippen LogP contribution in [0.1, 0.15) is 40.2 Å². The van der Waals surface area contributed by atoms with Gasteiger partial charge in [0.15, 0.2) is 11.5 Å². The van der Waals surface area contributed by atoms with E-state index < -0.39 is 0 Å². The first-order chi connectivity index (χ1) is 18.1. The van der Waals surface area contributed by atoms with Crippen LogP contribution in [0.25, 0.3) is 16.9 Å². The number of methoxy groups -OCH3 is 1. The summed E-state index contributed by atoms with van der Waals surface area (Å²) in [5, 5.41) is 7.79. The molecule has 1 saturated heterocycles. The van der Waals surface area contributed by atoms with E-state index in [0.29, 0.717) is 29.1 Å². The van der Waals surface area contributed by atoms with E-state index in [1.807, 2.05) is 47.0 Å². The summed E-state index contributed by atoms with van der Waals surface area (Å²) in [6.45, 7) is 3.24. The van der Waals surface area contributed by atoms with Gasteiger partial charge in [-0.3, -0.25) is 14.5 Å². The van der Waals surface area contributed by atoms with Crippen LogP contribution in [0.2, 0.25) is 0 Å². The smallest absolute Gasteiger partial charge is 0.310 e. The molecule has 0 saturated carbocycles. The molecule has 3 N–H and O–H groups in total. The number of amides is 1. The van der Waals surface area contributed by atoms with Crippen molar-refractivity contribution >= 4 is 23.1 Å². The standard InChI is InChI=1S/C28H30N6O3/c1-37-25(35)16-20-8-2-3-10-23(20)30-28(36)26-24-12-11-22(18-33-13-4-5-14-33)34(24)32-27(31-26)21-9-6-7-19(15-21)17-29/h2-3,6-12,15H,4-5,13-14,16-18,29H2,1H3,(H,30,36). The van der Waals surface area contributed by atoms with Crippen LogP contribution in [0, 0.1) is 0 Å². The fourth-order valence-corrected chi connectivity index (χ4v) is 4.67. The van der Waals surface area contributed by atoms with E-state index in [1.165, 1.54) is 20.0 Å². The second kappa shape index (κ2) is 10.9. The molecule has 3 heterocycles. The molecule has 1 aliphatic rings. The van der Waals surface area contributed by atoms with Gasteiger partial charge in [-0.25, -0.2) is 9.50 Å². The maximum absolute atomic E-state index is 13.6. The Labute approximate surface area is 215 Å². The predicted octanol–water partition coefficient (Wildman–Crippen LogP) is 3.42. The molecule has 9 heteroatoms. The molecule has 1 aliphatic heterocycles. The van der Waals surface area contributed by atoms with Gasteiger partial charge < -0.3 is 15.8 Å². The zero-order chi connectivity index (χ0) is 25.8. The normalized spacial score (nSPS) is 13.7. The third-order valence-electron chi connectivity index (χ3n) is 6.64. The van der Waals surface area contributed by atoms with Gasteiger partial charge in [-0.15, -0.1) is 5.10 Å². The van der Waals surface area contributed by atoms with E-state index in [0.717, 1.165) is 36.5 Å². The molecule has 1 amide bonds. The lowest BCUT2D eigenvalue weighted by molar-refractivity contribution is -0.139. The molecule has 0 spiro atoms. The van der Waals surface area contributed by atoms with E-state index in [9.17, 15) is 9.59 Å². The number of likely N-dealkylation sites (tertiary alicyclic amines) is 1. The molecule has 0 atom stereocenters. The first kappa shape index (κ1) is 24.6. The van der Waals surface area contributed by atoms with E-state index in [4.69, 9.17) is 20.6 Å². The molecule has 0 unspecified atom stereocenters. The van der Waals surface area contributed by atoms with E-state index in [1.54, 1.807) is 18.2 Å². The van der Waals surface area contributed by atoms with Crippen molar-refractivity contribution in [2.75, 3.05) is 25.5 Å². The van der Waals surface area contributed by atoms with Crippen LogP contribution in [-0.2, 0) is 29.0 Å². The highest BCUT2D eigenvalue weighted by molar-refractivity contribution is 6.08. The summed E-state index contributed by atoms with van der Waals surface area (Å²) in [4.78, 5) is 32.6. The zero-order valence-electron chi connectivity index (χ0n) is 20.8. The first-order valence-corrected chi connectivity index (χ1v) is 12.4. The summed E-state index contributed by atoms with van der Waals surface area (Å²) in [7, 11) is 1.34. The number of anilines is 1. The molecule has 0 aliphatic carbocycles. The van der Waals surface area contributed by atoms with Crippen LogP contribution >= 0.6 is 0 Å². The molecule has 37 heavy (non-hydrogen) atoms. The number of nitrogens with zero attached hydrogens (tertiary/aromatic N) is 4. The first-order valence-electron chi connectivity index (χ1n) is 12.4. The number of esters is 1. The molecule has 2 aromatic carbocycles. The fraction of sp³-hybridized carbons (Fsp3) is 0.286. The minimum Gasteiger partial charge on any atom is -0.469 e. The number of rotatable bonds is 8. The Morgan fingerprint density at radius 1 is 1.05 bits per heavy atom. The number of para-hydroxylation sites is 1. The van der Waals surface area contributed by atoms with Crippen LogP contribution in [0.3, 0.4) is 0 Å². The number of hydrogen-bond donors (Lipinski definition) is 2. The summed E-state index contributed by atoms with van der Waals surface area (Å²) >= 11 is 0. The Kier molecular flexibility index (Phi) is 7.25. The molecule has 0 radical (unpaired) electrons. The van der Waals surface area contributed by atoms with Crippen molar-refractivity contribution in [3.8, 4) is 11.4 Å². The fourth-order valence-electron chi connectivity index (χ4n) is 4.67. The molecule has 5 rings (SSSR count). The van der Waals surface area contributed by atoms with Crippen molar-refractivity contribution in [3.05, 3.63) is 83.2 Å². The number of carbonyl (C=O) groups is 2. The molecule has 1 fully saturated rings. The third-order valence-corrected chi connectivity index (χ3v) is 6.64. The zero-order valence-corrected chi connectivity index (χ0v) is 20.8. The minimum atomic E-state index is -0.383. The lowest BCUT2D eigenvalue weighted by atomic mass is 10.1. The molecule has 4 aromatic rings. The third kappa shape index (κ3) is 5.37. The highest BCUT2D eigenvalue weighted by Gasteiger charge is 2.21. The summed E-state index contributed by atoms with van der Waals surface area (Å²) in [6, 6.07) is 18.8. The number of benzene rings is 2. The largest absolute Gasteiger partial charge is 0.469 e. The average Bonchev–Trinajstić information content (AvgIpc) is 3.59. The monoisotopic (exact) mass is 498 g/mol. The van der Waals surface area contributed by atoms with E-state index in [2.05, 4.69) is 10.2 Å². The van der Waals surface area contributed by atoms with Gasteiger partial charge in [0.2, 0.25) is 0 Å². The molecular formula is C28H30N6O3. The molecule has 9 nitrogen and oxygen atoms in total. The van der Waals surface area contributed by atoms with E-state index in [-0.39, 0.29) is 24.0 Å². The lowest BCUT2D eigenvalue weighted by Crippen LogP contribution is -2.21. The van der Waals surface area contributed by atoms with Crippen molar-refractivity contribution in [2.24, 2.45) is 5.73 Å². The Morgan fingerprint density at radius 2 is 1.86 bits per heavy atom. The number of carbonyl (C=O) groups excluding carboxylic acids is 2. The number of ether oxygens (including phenoxy) is 1. The molecule has 190 valence electrons. The number of fused-ring (bicyclic) bond motifs is 1. The second-order valence-electron chi connectivity index (χ2n) is 9.16. The van der Waals surface area contributed by atoms with Crippen LogP contribution in [0.4, 0.5) is 5.69 Å². The Hall–Kier alpha value is -4.08. The van der Waals surface area contributed by atoms with Gasteiger partial charge in [-0.2, -0.15) is 0 Å². The number of nitrogens with one attached hydrogen (secondary N) is 1. The van der Waals surface area contributed by atoms with Crippen molar-refractivity contribution in [1.29, 1.82) is 0 Å². The molecule has 0 bridgehead atoms. The average molecular weight is 499 g/mol. The summed E-state index contributed by atoms with van der Waals surface area (Å²) in [5.74, 6) is -0.326. The van der Waals surface area contributed by atoms with Crippen molar-refractivity contribution < 1.29 is 14.3 Å². The minimum absolute atomic E-state index is 0.0500. The second-order valence-corrected chi connectivity index (χ2v) is 9.16. The number of aromatic nitrogens is 3. The van der Waals surface area contributed by atoms with Crippen LogP contribution in [0.15, 0.2) is 60.7 Å². The van der Waals surface area contributed by atoms with Gasteiger partial charge in [0.25, 0.3) is 5.91 Å². The Morgan fingerprint density at radius 3 is 2.65 bits per heavy atom. The van der Waals surface area contributed by atoms with E-state index >= 15 is 0 Å². The Bertz CT molecular complexity index is 1440. The summed E-state index contributed by atoms with van der Waals surface area (Å²) in [6.07, 6.45) is 2.43.